The fraction of sp³-hybridized carbons (Fsp3) is 0.286. The Morgan fingerprint density at radius 1 is 0.963 bits per heavy atom. The lowest BCUT2D eigenvalue weighted by molar-refractivity contribution is 0.0732. The van der Waals surface area contributed by atoms with Crippen molar-refractivity contribution in [3.05, 3.63) is 83.9 Å². The van der Waals surface area contributed by atoms with Crippen LogP contribution in [0.4, 0.5) is 0 Å². The molecule has 0 aliphatic rings. The second-order valence-electron chi connectivity index (χ2n) is 6.81. The lowest BCUT2D eigenvalue weighted by Crippen LogP contribution is -2.36. The van der Waals surface area contributed by atoms with E-state index in [9.17, 15) is 4.79 Å². The molecule has 0 N–H and O–H groups in total. The molecule has 3 rings (SSSR count). The number of hydrogen-bond acceptors (Lipinski definition) is 4. The van der Waals surface area contributed by atoms with Gasteiger partial charge >= 0.3 is 0 Å². The molecule has 0 saturated carbocycles. The third kappa shape index (κ3) is 5.49. The molecule has 2 aromatic carbocycles. The van der Waals surface area contributed by atoms with Gasteiger partial charge < -0.3 is 9.80 Å². The molecular weight excluding hydrogens is 338 g/mol. The fourth-order valence-electron chi connectivity index (χ4n) is 2.81. The van der Waals surface area contributed by atoms with Crippen LogP contribution in [0.5, 0.6) is 0 Å². The van der Waals surface area contributed by atoms with E-state index < -0.39 is 0 Å². The second-order valence-corrected chi connectivity index (χ2v) is 6.81. The Bertz CT molecular complexity index is 829. The summed E-state index contributed by atoms with van der Waals surface area (Å²) in [5, 5.41) is 4.11. The Hall–Kier alpha value is -2.99. The van der Waals surface area contributed by atoms with Crippen LogP contribution >= 0.6 is 0 Å². The summed E-state index contributed by atoms with van der Waals surface area (Å²) in [6, 6.07) is 17.8. The van der Waals surface area contributed by atoms with Gasteiger partial charge in [0.2, 0.25) is 0 Å². The summed E-state index contributed by atoms with van der Waals surface area (Å²) in [6.07, 6.45) is 3.20. The average molecular weight is 363 g/mol. The van der Waals surface area contributed by atoms with Gasteiger partial charge in [-0.1, -0.05) is 42.5 Å². The van der Waals surface area contributed by atoms with Gasteiger partial charge in [0.15, 0.2) is 0 Å². The minimum Gasteiger partial charge on any atom is -0.333 e. The lowest BCUT2D eigenvalue weighted by Gasteiger charge is -2.25. The molecule has 1 amide bonds. The summed E-state index contributed by atoms with van der Waals surface area (Å²) >= 11 is 0. The average Bonchev–Trinajstić information content (AvgIpc) is 3.19. The number of carbonyl (C=O) groups is 1. The zero-order chi connectivity index (χ0) is 19.1. The highest BCUT2D eigenvalue weighted by Gasteiger charge is 2.16. The number of carbonyl (C=O) groups excluding carboxylic acids is 1. The fourth-order valence-corrected chi connectivity index (χ4v) is 2.81. The van der Waals surface area contributed by atoms with E-state index in [1.807, 2.05) is 61.5 Å². The van der Waals surface area contributed by atoms with Crippen molar-refractivity contribution in [3.63, 3.8) is 0 Å². The molecule has 0 atom stereocenters. The maximum atomic E-state index is 13.1. The number of benzene rings is 2. The Morgan fingerprint density at radius 3 is 2.33 bits per heavy atom. The molecule has 0 saturated heterocycles. The van der Waals surface area contributed by atoms with Crippen molar-refractivity contribution in [2.75, 3.05) is 27.2 Å². The van der Waals surface area contributed by atoms with Gasteiger partial charge in [0.1, 0.15) is 12.7 Å². The van der Waals surface area contributed by atoms with E-state index in [0.29, 0.717) is 25.2 Å². The van der Waals surface area contributed by atoms with Crippen LogP contribution in [0, 0.1) is 0 Å². The highest BCUT2D eigenvalue weighted by molar-refractivity contribution is 5.94. The highest BCUT2D eigenvalue weighted by Crippen LogP contribution is 2.12. The SMILES string of the molecule is CN(C)CCN(Cc1ccccc1)C(=O)c1ccc(Cn2cncn2)cc1. The van der Waals surface area contributed by atoms with Crippen molar-refractivity contribution < 1.29 is 4.79 Å². The number of aromatic nitrogens is 3. The molecule has 0 spiro atoms. The highest BCUT2D eigenvalue weighted by atomic mass is 16.2. The minimum absolute atomic E-state index is 0.0491. The first-order chi connectivity index (χ1) is 13.1. The third-order valence-corrected chi connectivity index (χ3v) is 4.33. The normalized spacial score (nSPS) is 10.9. The van der Waals surface area contributed by atoms with E-state index in [1.165, 1.54) is 6.33 Å². The third-order valence-electron chi connectivity index (χ3n) is 4.33. The maximum absolute atomic E-state index is 13.1. The monoisotopic (exact) mass is 363 g/mol. The number of likely N-dealkylation sites (N-methyl/N-ethyl adjacent to an activating group) is 1. The molecule has 0 aliphatic heterocycles. The van der Waals surface area contributed by atoms with Crippen LogP contribution < -0.4 is 0 Å². The first-order valence-electron chi connectivity index (χ1n) is 9.01. The molecule has 0 radical (unpaired) electrons. The van der Waals surface area contributed by atoms with Gasteiger partial charge in [-0.2, -0.15) is 5.10 Å². The molecule has 0 fully saturated rings. The van der Waals surface area contributed by atoms with Crippen molar-refractivity contribution >= 4 is 5.91 Å². The summed E-state index contributed by atoms with van der Waals surface area (Å²) in [5.41, 5.74) is 2.92. The molecular formula is C21H25N5O. The molecule has 140 valence electrons. The van der Waals surface area contributed by atoms with E-state index in [0.717, 1.165) is 17.7 Å². The van der Waals surface area contributed by atoms with Gasteiger partial charge in [0, 0.05) is 25.2 Å². The molecule has 6 heteroatoms. The summed E-state index contributed by atoms with van der Waals surface area (Å²) in [5.74, 6) is 0.0491. The van der Waals surface area contributed by atoms with E-state index in [4.69, 9.17) is 0 Å². The number of nitrogens with zero attached hydrogens (tertiary/aromatic N) is 5. The van der Waals surface area contributed by atoms with Gasteiger partial charge in [0.05, 0.1) is 6.54 Å². The topological polar surface area (TPSA) is 54.3 Å². The Labute approximate surface area is 160 Å². The van der Waals surface area contributed by atoms with Crippen LogP contribution in [-0.4, -0.2) is 57.7 Å². The standard InChI is InChI=1S/C21H25N5O/c1-24(2)12-13-25(14-18-6-4-3-5-7-18)21(27)20-10-8-19(9-11-20)15-26-17-22-16-23-26/h3-11,16-17H,12-15H2,1-2H3. The molecule has 6 nitrogen and oxygen atoms in total. The molecule has 27 heavy (non-hydrogen) atoms. The lowest BCUT2D eigenvalue weighted by atomic mass is 10.1. The number of hydrogen-bond donors (Lipinski definition) is 0. The molecule has 3 aromatic rings. The summed E-state index contributed by atoms with van der Waals surface area (Å²) in [7, 11) is 4.04. The van der Waals surface area contributed by atoms with Crippen LogP contribution in [-0.2, 0) is 13.1 Å². The van der Waals surface area contributed by atoms with Gasteiger partial charge in [-0.15, -0.1) is 0 Å². The first-order valence-corrected chi connectivity index (χ1v) is 9.01. The first kappa shape index (κ1) is 18.8. The van der Waals surface area contributed by atoms with E-state index in [2.05, 4.69) is 27.1 Å². The van der Waals surface area contributed by atoms with Gasteiger partial charge in [-0.3, -0.25) is 4.79 Å². The number of rotatable bonds is 8. The van der Waals surface area contributed by atoms with Crippen LogP contribution in [0.2, 0.25) is 0 Å². The van der Waals surface area contributed by atoms with Crippen LogP contribution in [0.15, 0.2) is 67.3 Å². The maximum Gasteiger partial charge on any atom is 0.254 e. The van der Waals surface area contributed by atoms with Crippen molar-refractivity contribution in [3.8, 4) is 0 Å². The molecule has 1 heterocycles. The van der Waals surface area contributed by atoms with Gasteiger partial charge in [-0.05, 0) is 37.4 Å². The summed E-state index contributed by atoms with van der Waals surface area (Å²) in [4.78, 5) is 21.0. The van der Waals surface area contributed by atoms with E-state index >= 15 is 0 Å². The predicted octanol–water partition coefficient (Wildman–Crippen LogP) is 2.53. The zero-order valence-electron chi connectivity index (χ0n) is 15.8. The molecule has 0 unspecified atom stereocenters. The van der Waals surface area contributed by atoms with Crippen molar-refractivity contribution in [1.29, 1.82) is 0 Å². The molecule has 0 aliphatic carbocycles. The van der Waals surface area contributed by atoms with Crippen LogP contribution in [0.25, 0.3) is 0 Å². The summed E-state index contributed by atoms with van der Waals surface area (Å²) < 4.78 is 1.76. The second kappa shape index (κ2) is 9.09. The van der Waals surface area contributed by atoms with Gasteiger partial charge in [-0.25, -0.2) is 9.67 Å². The van der Waals surface area contributed by atoms with Crippen molar-refractivity contribution in [2.24, 2.45) is 0 Å². The minimum atomic E-state index is 0.0491. The molecule has 0 bridgehead atoms. The molecule has 1 aromatic heterocycles. The Morgan fingerprint density at radius 2 is 1.70 bits per heavy atom. The Kier molecular flexibility index (Phi) is 6.33. The Balaban J connectivity index is 1.71. The number of amides is 1. The zero-order valence-corrected chi connectivity index (χ0v) is 15.8. The van der Waals surface area contributed by atoms with Crippen molar-refractivity contribution in [2.45, 2.75) is 13.1 Å². The smallest absolute Gasteiger partial charge is 0.254 e. The quantitative estimate of drug-likeness (QED) is 0.617. The van der Waals surface area contributed by atoms with Gasteiger partial charge in [0.25, 0.3) is 5.91 Å². The van der Waals surface area contributed by atoms with Crippen LogP contribution in [0.1, 0.15) is 21.5 Å². The van der Waals surface area contributed by atoms with E-state index in [-0.39, 0.29) is 5.91 Å². The predicted molar refractivity (Wildman–Crippen MR) is 105 cm³/mol. The van der Waals surface area contributed by atoms with Crippen molar-refractivity contribution in [1.82, 2.24) is 24.6 Å². The van der Waals surface area contributed by atoms with Crippen LogP contribution in [0.3, 0.4) is 0 Å². The summed E-state index contributed by atoms with van der Waals surface area (Å²) in [6.45, 7) is 2.75. The largest absolute Gasteiger partial charge is 0.333 e. The van der Waals surface area contributed by atoms with E-state index in [1.54, 1.807) is 11.0 Å².